The molecule has 0 aliphatic carbocycles. The zero-order valence-corrected chi connectivity index (χ0v) is 15.5. The molecule has 26 heavy (non-hydrogen) atoms. The first-order chi connectivity index (χ1) is 12.5. The summed E-state index contributed by atoms with van der Waals surface area (Å²) in [5, 5.41) is 0. The number of amides is 1. The lowest BCUT2D eigenvalue weighted by Gasteiger charge is -2.35. The Balaban J connectivity index is 1.68. The minimum Gasteiger partial charge on any atom is -0.376 e. The van der Waals surface area contributed by atoms with Crippen LogP contribution in [-0.2, 0) is 16.8 Å². The van der Waals surface area contributed by atoms with Gasteiger partial charge in [0.05, 0.1) is 24.3 Å². The third-order valence-corrected chi connectivity index (χ3v) is 5.39. The van der Waals surface area contributed by atoms with E-state index >= 15 is 0 Å². The summed E-state index contributed by atoms with van der Waals surface area (Å²) in [6.07, 6.45) is 0.863. The summed E-state index contributed by atoms with van der Waals surface area (Å²) in [5.74, 6) is 0.795. The Morgan fingerprint density at radius 1 is 1.23 bits per heavy atom. The zero-order valence-electron chi connectivity index (χ0n) is 15.5. The van der Waals surface area contributed by atoms with Crippen LogP contribution in [-0.4, -0.2) is 54.6 Å². The minimum absolute atomic E-state index is 0.0770. The summed E-state index contributed by atoms with van der Waals surface area (Å²) in [7, 11) is 3.90. The molecule has 0 saturated carbocycles. The first kappa shape index (κ1) is 17.0. The number of carbonyl (C=O) groups excluding carboxylic acids is 1. The Bertz CT molecular complexity index is 837. The summed E-state index contributed by atoms with van der Waals surface area (Å²) in [5.41, 5.74) is 3.59. The van der Waals surface area contributed by atoms with E-state index in [9.17, 15) is 4.79 Å². The van der Waals surface area contributed by atoms with Gasteiger partial charge in [-0.2, -0.15) is 0 Å². The van der Waals surface area contributed by atoms with Crippen molar-refractivity contribution in [3.05, 3.63) is 52.8 Å². The Kier molecular flexibility index (Phi) is 4.15. The molecule has 6 heteroatoms. The van der Waals surface area contributed by atoms with Crippen molar-refractivity contribution in [1.82, 2.24) is 14.9 Å². The highest BCUT2D eigenvalue weighted by Crippen LogP contribution is 2.40. The van der Waals surface area contributed by atoms with Crippen LogP contribution >= 0.6 is 0 Å². The third kappa shape index (κ3) is 2.74. The molecule has 2 aliphatic rings. The summed E-state index contributed by atoms with van der Waals surface area (Å²) in [4.78, 5) is 26.2. The maximum atomic E-state index is 12.9. The number of benzene rings is 1. The molecule has 1 aromatic carbocycles. The van der Waals surface area contributed by atoms with Crippen LogP contribution < -0.4 is 4.90 Å². The van der Waals surface area contributed by atoms with Crippen molar-refractivity contribution >= 4 is 11.9 Å². The SMILES string of the molecule is Cc1nc(N(C)C)nc2c1COCC21CCN(C(=O)c2ccccc2)C1. The van der Waals surface area contributed by atoms with Gasteiger partial charge in [-0.05, 0) is 25.5 Å². The molecule has 2 aromatic rings. The Morgan fingerprint density at radius 2 is 2.00 bits per heavy atom. The van der Waals surface area contributed by atoms with Gasteiger partial charge in [-0.3, -0.25) is 4.79 Å². The second-order valence-electron chi connectivity index (χ2n) is 7.45. The van der Waals surface area contributed by atoms with Crippen LogP contribution in [0.25, 0.3) is 0 Å². The molecule has 1 amide bonds. The molecule has 0 bridgehead atoms. The van der Waals surface area contributed by atoms with Crippen LogP contribution in [0.4, 0.5) is 5.95 Å². The number of hydrogen-bond donors (Lipinski definition) is 0. The summed E-state index contributed by atoms with van der Waals surface area (Å²) < 4.78 is 5.92. The molecule has 4 rings (SSSR count). The molecule has 1 spiro atoms. The van der Waals surface area contributed by atoms with Gasteiger partial charge < -0.3 is 14.5 Å². The second-order valence-corrected chi connectivity index (χ2v) is 7.45. The van der Waals surface area contributed by atoms with Crippen LogP contribution in [0.2, 0.25) is 0 Å². The van der Waals surface area contributed by atoms with E-state index in [0.717, 1.165) is 41.4 Å². The van der Waals surface area contributed by atoms with Gasteiger partial charge in [0, 0.05) is 44.0 Å². The highest BCUT2D eigenvalue weighted by molar-refractivity contribution is 5.94. The molecule has 0 N–H and O–H groups in total. The van der Waals surface area contributed by atoms with Crippen molar-refractivity contribution in [2.45, 2.75) is 25.4 Å². The van der Waals surface area contributed by atoms with E-state index in [0.29, 0.717) is 19.8 Å². The van der Waals surface area contributed by atoms with Crippen molar-refractivity contribution < 1.29 is 9.53 Å². The van der Waals surface area contributed by atoms with Crippen molar-refractivity contribution in [1.29, 1.82) is 0 Å². The van der Waals surface area contributed by atoms with Crippen molar-refractivity contribution in [2.75, 3.05) is 38.7 Å². The van der Waals surface area contributed by atoms with Gasteiger partial charge in [0.15, 0.2) is 0 Å². The second kappa shape index (κ2) is 6.36. The standard InChI is InChI=1S/C20H24N4O2/c1-14-16-11-26-13-20(17(16)22-19(21-14)23(2)3)9-10-24(12-20)18(25)15-7-5-4-6-8-15/h4-8H,9-13H2,1-3H3. The van der Waals surface area contributed by atoms with E-state index in [1.54, 1.807) is 0 Å². The topological polar surface area (TPSA) is 58.6 Å². The van der Waals surface area contributed by atoms with Gasteiger partial charge in [0.25, 0.3) is 5.91 Å². The van der Waals surface area contributed by atoms with Crippen LogP contribution in [0, 0.1) is 6.92 Å². The van der Waals surface area contributed by atoms with Crippen LogP contribution in [0.3, 0.4) is 0 Å². The molecule has 2 aliphatic heterocycles. The zero-order chi connectivity index (χ0) is 18.3. The van der Waals surface area contributed by atoms with E-state index in [2.05, 4.69) is 4.98 Å². The van der Waals surface area contributed by atoms with Crippen molar-refractivity contribution in [2.24, 2.45) is 0 Å². The first-order valence-corrected chi connectivity index (χ1v) is 8.97. The van der Waals surface area contributed by atoms with Gasteiger partial charge >= 0.3 is 0 Å². The molecule has 6 nitrogen and oxygen atoms in total. The number of anilines is 1. The molecule has 3 heterocycles. The quantitative estimate of drug-likeness (QED) is 0.829. The maximum Gasteiger partial charge on any atom is 0.253 e. The molecule has 1 atom stereocenters. The number of nitrogens with zero attached hydrogens (tertiary/aromatic N) is 4. The fourth-order valence-electron chi connectivity index (χ4n) is 3.93. The van der Waals surface area contributed by atoms with Crippen LogP contribution in [0.1, 0.15) is 33.7 Å². The number of hydrogen-bond acceptors (Lipinski definition) is 5. The summed E-state index contributed by atoms with van der Waals surface area (Å²) in [6, 6.07) is 9.47. The normalized spacial score (nSPS) is 21.7. The van der Waals surface area contributed by atoms with Crippen LogP contribution in [0.5, 0.6) is 0 Å². The summed E-state index contributed by atoms with van der Waals surface area (Å²) in [6.45, 7) is 4.51. The first-order valence-electron chi connectivity index (χ1n) is 8.97. The predicted octanol–water partition coefficient (Wildman–Crippen LogP) is 2.17. The van der Waals surface area contributed by atoms with Crippen molar-refractivity contribution in [3.63, 3.8) is 0 Å². The van der Waals surface area contributed by atoms with E-state index in [-0.39, 0.29) is 11.3 Å². The van der Waals surface area contributed by atoms with Gasteiger partial charge in [-0.1, -0.05) is 18.2 Å². The molecule has 0 radical (unpaired) electrons. The molecular weight excluding hydrogens is 328 g/mol. The van der Waals surface area contributed by atoms with Crippen LogP contribution in [0.15, 0.2) is 30.3 Å². The number of aryl methyl sites for hydroxylation is 1. The third-order valence-electron chi connectivity index (χ3n) is 5.39. The average molecular weight is 352 g/mol. The average Bonchev–Trinajstić information content (AvgIpc) is 3.07. The Hall–Kier alpha value is -2.47. The Labute approximate surface area is 153 Å². The monoisotopic (exact) mass is 352 g/mol. The number of rotatable bonds is 2. The molecule has 1 saturated heterocycles. The number of likely N-dealkylation sites (tertiary alicyclic amines) is 1. The fraction of sp³-hybridized carbons (Fsp3) is 0.450. The fourth-order valence-corrected chi connectivity index (χ4v) is 3.93. The predicted molar refractivity (Wildman–Crippen MR) is 99.4 cm³/mol. The minimum atomic E-state index is -0.240. The molecule has 1 fully saturated rings. The molecule has 1 aromatic heterocycles. The van der Waals surface area contributed by atoms with Gasteiger partial charge in [0.1, 0.15) is 0 Å². The molecule has 136 valence electrons. The van der Waals surface area contributed by atoms with Gasteiger partial charge in [-0.25, -0.2) is 9.97 Å². The molecular formula is C20H24N4O2. The van der Waals surface area contributed by atoms with Gasteiger partial charge in [0.2, 0.25) is 5.95 Å². The van der Waals surface area contributed by atoms with E-state index in [1.165, 1.54) is 0 Å². The number of ether oxygens (including phenoxy) is 1. The molecule has 1 unspecified atom stereocenters. The van der Waals surface area contributed by atoms with E-state index in [1.807, 2.05) is 61.2 Å². The maximum absolute atomic E-state index is 12.9. The van der Waals surface area contributed by atoms with Gasteiger partial charge in [-0.15, -0.1) is 0 Å². The highest BCUT2D eigenvalue weighted by atomic mass is 16.5. The van der Waals surface area contributed by atoms with E-state index in [4.69, 9.17) is 9.72 Å². The summed E-state index contributed by atoms with van der Waals surface area (Å²) >= 11 is 0. The number of carbonyl (C=O) groups is 1. The number of fused-ring (bicyclic) bond motifs is 2. The number of aromatic nitrogens is 2. The smallest absolute Gasteiger partial charge is 0.253 e. The van der Waals surface area contributed by atoms with Crippen molar-refractivity contribution in [3.8, 4) is 0 Å². The Morgan fingerprint density at radius 3 is 2.73 bits per heavy atom. The largest absolute Gasteiger partial charge is 0.376 e. The highest BCUT2D eigenvalue weighted by Gasteiger charge is 2.46. The lowest BCUT2D eigenvalue weighted by molar-refractivity contribution is 0.0480. The van der Waals surface area contributed by atoms with E-state index < -0.39 is 0 Å². The lowest BCUT2D eigenvalue weighted by Crippen LogP contribution is -2.42. The lowest BCUT2D eigenvalue weighted by atomic mass is 9.80.